The molecule has 0 unspecified atom stereocenters. The summed E-state index contributed by atoms with van der Waals surface area (Å²) in [5, 5.41) is 0. The van der Waals surface area contributed by atoms with E-state index in [1.807, 2.05) is 36.4 Å². The summed E-state index contributed by atoms with van der Waals surface area (Å²) in [5.74, 6) is 1.40. The zero-order chi connectivity index (χ0) is 24.0. The number of rotatable bonds is 11. The number of benzene rings is 2. The minimum absolute atomic E-state index is 0.00688. The Morgan fingerprint density at radius 2 is 1.24 bits per heavy atom. The Labute approximate surface area is 200 Å². The molecule has 0 fully saturated rings. The molecule has 0 saturated carbocycles. The van der Waals surface area contributed by atoms with Crippen molar-refractivity contribution in [3.8, 4) is 0 Å². The summed E-state index contributed by atoms with van der Waals surface area (Å²) in [5.41, 5.74) is 5.95. The number of aryl methyl sites for hydroxylation is 2. The van der Waals surface area contributed by atoms with Crippen LogP contribution in [0.5, 0.6) is 0 Å². The predicted molar refractivity (Wildman–Crippen MR) is 138 cm³/mol. The Balaban J connectivity index is 1.70. The van der Waals surface area contributed by atoms with Crippen LogP contribution in [-0.2, 0) is 12.8 Å². The van der Waals surface area contributed by atoms with Gasteiger partial charge in [0.2, 0.25) is 0 Å². The van der Waals surface area contributed by atoms with E-state index in [1.165, 1.54) is 24.8 Å². The fourth-order valence-electron chi connectivity index (χ4n) is 4.65. The highest BCUT2D eigenvalue weighted by atomic mass is 16.1. The standard InChI is InChI=1S/C31H40O2/c1-21(2)9-6-11-23(5)12-8-14-25-16-18-27-29(20-25)31(33)28-19-24(13-7-10-22(3)4)15-17-26(28)30(27)32/h12,15-22H,6-11,13-14H2,1-5H3/b23-12+. The van der Waals surface area contributed by atoms with E-state index < -0.39 is 0 Å². The fraction of sp³-hybridized carbons (Fsp3) is 0.484. The van der Waals surface area contributed by atoms with Gasteiger partial charge in [-0.15, -0.1) is 0 Å². The van der Waals surface area contributed by atoms with E-state index in [9.17, 15) is 9.59 Å². The van der Waals surface area contributed by atoms with Crippen molar-refractivity contribution in [2.24, 2.45) is 11.8 Å². The molecule has 0 N–H and O–H groups in total. The summed E-state index contributed by atoms with van der Waals surface area (Å²) in [4.78, 5) is 26.4. The summed E-state index contributed by atoms with van der Waals surface area (Å²) < 4.78 is 0. The first-order valence-electron chi connectivity index (χ1n) is 12.8. The van der Waals surface area contributed by atoms with Crippen molar-refractivity contribution in [2.45, 2.75) is 86.0 Å². The summed E-state index contributed by atoms with van der Waals surface area (Å²) in [6, 6.07) is 11.6. The van der Waals surface area contributed by atoms with Crippen LogP contribution in [-0.4, -0.2) is 11.6 Å². The van der Waals surface area contributed by atoms with Crippen LogP contribution in [0.15, 0.2) is 48.0 Å². The maximum atomic E-state index is 13.3. The largest absolute Gasteiger partial charge is 0.289 e. The molecule has 2 aromatic carbocycles. The highest BCUT2D eigenvalue weighted by molar-refractivity contribution is 6.28. The highest BCUT2D eigenvalue weighted by Gasteiger charge is 2.29. The molecule has 2 heteroatoms. The lowest BCUT2D eigenvalue weighted by atomic mass is 9.82. The smallest absolute Gasteiger partial charge is 0.194 e. The van der Waals surface area contributed by atoms with E-state index in [1.54, 1.807) is 0 Å². The Hall–Kier alpha value is -2.48. The zero-order valence-electron chi connectivity index (χ0n) is 21.2. The van der Waals surface area contributed by atoms with Crippen LogP contribution in [0, 0.1) is 11.8 Å². The lowest BCUT2D eigenvalue weighted by Gasteiger charge is -2.19. The molecular weight excluding hydrogens is 404 g/mol. The van der Waals surface area contributed by atoms with Gasteiger partial charge in [-0.2, -0.15) is 0 Å². The maximum absolute atomic E-state index is 13.3. The van der Waals surface area contributed by atoms with Crippen molar-refractivity contribution < 1.29 is 9.59 Å². The van der Waals surface area contributed by atoms with E-state index in [-0.39, 0.29) is 11.6 Å². The molecule has 176 valence electrons. The molecule has 0 bridgehead atoms. The second kappa shape index (κ2) is 11.6. The minimum Gasteiger partial charge on any atom is -0.289 e. The van der Waals surface area contributed by atoms with Gasteiger partial charge in [0.25, 0.3) is 0 Å². The third kappa shape index (κ3) is 6.76. The van der Waals surface area contributed by atoms with Crippen LogP contribution in [0.4, 0.5) is 0 Å². The molecule has 0 spiro atoms. The van der Waals surface area contributed by atoms with Crippen molar-refractivity contribution in [1.29, 1.82) is 0 Å². The molecule has 0 aliphatic heterocycles. The second-order valence-electron chi connectivity index (χ2n) is 10.6. The SMILES string of the molecule is C/C(=C\CCc1ccc2c(c1)C(=O)c1cc(CCCC(C)C)ccc1C2=O)CCCC(C)C. The Morgan fingerprint density at radius 3 is 1.82 bits per heavy atom. The van der Waals surface area contributed by atoms with Gasteiger partial charge in [0.1, 0.15) is 0 Å². The molecular formula is C31H40O2. The average molecular weight is 445 g/mol. The first kappa shape index (κ1) is 25.1. The molecule has 3 rings (SSSR count). The highest BCUT2D eigenvalue weighted by Crippen LogP contribution is 2.29. The van der Waals surface area contributed by atoms with Crippen LogP contribution in [0.2, 0.25) is 0 Å². The number of fused-ring (bicyclic) bond motifs is 2. The number of allylic oxidation sites excluding steroid dienone is 2. The fourth-order valence-corrected chi connectivity index (χ4v) is 4.65. The second-order valence-corrected chi connectivity index (χ2v) is 10.6. The normalized spacial score (nSPS) is 13.6. The quantitative estimate of drug-likeness (QED) is 0.280. The number of hydrogen-bond acceptors (Lipinski definition) is 2. The van der Waals surface area contributed by atoms with E-state index in [0.717, 1.165) is 49.1 Å². The Morgan fingerprint density at radius 1 is 0.727 bits per heavy atom. The molecule has 0 heterocycles. The number of hydrogen-bond donors (Lipinski definition) is 0. The van der Waals surface area contributed by atoms with Crippen LogP contribution in [0.3, 0.4) is 0 Å². The predicted octanol–water partition coefficient (Wildman–Crippen LogP) is 8.15. The Bertz CT molecular complexity index is 1020. The van der Waals surface area contributed by atoms with Crippen molar-refractivity contribution in [3.63, 3.8) is 0 Å². The zero-order valence-corrected chi connectivity index (χ0v) is 21.2. The number of carbonyl (C=O) groups is 2. The first-order chi connectivity index (χ1) is 15.8. The molecule has 2 aromatic rings. The van der Waals surface area contributed by atoms with E-state index in [4.69, 9.17) is 0 Å². The summed E-state index contributed by atoms with van der Waals surface area (Å²) in [6.07, 6.45) is 11.1. The van der Waals surface area contributed by atoms with Crippen LogP contribution < -0.4 is 0 Å². The van der Waals surface area contributed by atoms with Gasteiger partial charge < -0.3 is 0 Å². The molecule has 1 aliphatic carbocycles. The van der Waals surface area contributed by atoms with Crippen molar-refractivity contribution in [2.75, 3.05) is 0 Å². The molecule has 2 nitrogen and oxygen atoms in total. The van der Waals surface area contributed by atoms with Crippen molar-refractivity contribution in [1.82, 2.24) is 0 Å². The third-order valence-corrected chi connectivity index (χ3v) is 6.67. The molecule has 1 aliphatic rings. The lowest BCUT2D eigenvalue weighted by molar-refractivity contribution is 0.0979. The topological polar surface area (TPSA) is 34.1 Å². The maximum Gasteiger partial charge on any atom is 0.194 e. The van der Waals surface area contributed by atoms with Gasteiger partial charge in [-0.05, 0) is 80.5 Å². The molecule has 33 heavy (non-hydrogen) atoms. The summed E-state index contributed by atoms with van der Waals surface area (Å²) >= 11 is 0. The summed E-state index contributed by atoms with van der Waals surface area (Å²) in [6.45, 7) is 11.2. The average Bonchev–Trinajstić information content (AvgIpc) is 2.77. The molecule has 0 saturated heterocycles. The van der Waals surface area contributed by atoms with Gasteiger partial charge in [-0.1, -0.05) is 76.5 Å². The van der Waals surface area contributed by atoms with Gasteiger partial charge in [-0.3, -0.25) is 9.59 Å². The number of carbonyl (C=O) groups excluding carboxylic acids is 2. The van der Waals surface area contributed by atoms with Crippen LogP contribution in [0.25, 0.3) is 0 Å². The van der Waals surface area contributed by atoms with Gasteiger partial charge >= 0.3 is 0 Å². The molecule has 0 atom stereocenters. The Kier molecular flexibility index (Phi) is 8.83. The minimum atomic E-state index is -0.0271. The van der Waals surface area contributed by atoms with Gasteiger partial charge in [0.15, 0.2) is 11.6 Å². The molecule has 0 radical (unpaired) electrons. The lowest BCUT2D eigenvalue weighted by Crippen LogP contribution is -2.21. The van der Waals surface area contributed by atoms with Crippen LogP contribution in [0.1, 0.15) is 116 Å². The molecule has 0 amide bonds. The van der Waals surface area contributed by atoms with Crippen LogP contribution >= 0.6 is 0 Å². The third-order valence-electron chi connectivity index (χ3n) is 6.67. The number of ketones is 2. The van der Waals surface area contributed by atoms with E-state index in [2.05, 4.69) is 40.7 Å². The molecule has 0 aromatic heterocycles. The van der Waals surface area contributed by atoms with Gasteiger partial charge in [0, 0.05) is 22.3 Å². The van der Waals surface area contributed by atoms with Crippen molar-refractivity contribution >= 4 is 11.6 Å². The summed E-state index contributed by atoms with van der Waals surface area (Å²) in [7, 11) is 0. The van der Waals surface area contributed by atoms with Gasteiger partial charge in [-0.25, -0.2) is 0 Å². The van der Waals surface area contributed by atoms with Gasteiger partial charge in [0.05, 0.1) is 0 Å². The monoisotopic (exact) mass is 444 g/mol. The van der Waals surface area contributed by atoms with E-state index >= 15 is 0 Å². The van der Waals surface area contributed by atoms with Crippen molar-refractivity contribution in [3.05, 3.63) is 81.4 Å². The van der Waals surface area contributed by atoms with E-state index in [0.29, 0.717) is 28.2 Å². The first-order valence-corrected chi connectivity index (χ1v) is 12.8.